The maximum Gasteiger partial charge on any atom is 0.410 e. The van der Waals surface area contributed by atoms with E-state index in [-0.39, 0.29) is 34.6 Å². The molecule has 3 aromatic rings. The third kappa shape index (κ3) is 9.54. The average Bonchev–Trinajstić information content (AvgIpc) is 3.27. The van der Waals surface area contributed by atoms with E-state index in [0.29, 0.717) is 28.1 Å². The largest absolute Gasteiger partial charge is 0.444 e. The first-order chi connectivity index (χ1) is 21.4. The van der Waals surface area contributed by atoms with Gasteiger partial charge in [-0.05, 0) is 96.2 Å². The molecule has 2 atom stereocenters. The SMILES string of the molecule is CC(C)(C)OC(=O)N1CC(CCC(Nc2cccc(SNC(=O)c3ccc(C(C)(C)C)nc3F)n2)c2ccc(Cl)cn2)CC1(C)C. The van der Waals surface area contributed by atoms with Crippen molar-refractivity contribution >= 4 is 41.4 Å². The van der Waals surface area contributed by atoms with Gasteiger partial charge < -0.3 is 15.0 Å². The van der Waals surface area contributed by atoms with Crippen LogP contribution in [0.4, 0.5) is 15.0 Å². The number of aromatic nitrogens is 3. The van der Waals surface area contributed by atoms with E-state index in [1.807, 2.05) is 64.6 Å². The number of halogens is 2. The fourth-order valence-corrected chi connectivity index (χ4v) is 6.12. The lowest BCUT2D eigenvalue weighted by Gasteiger charge is -2.33. The minimum atomic E-state index is -0.813. The van der Waals surface area contributed by atoms with Crippen LogP contribution in [0, 0.1) is 11.9 Å². The highest BCUT2D eigenvalue weighted by atomic mass is 35.5. The Kier molecular flexibility index (Phi) is 10.9. The van der Waals surface area contributed by atoms with Gasteiger partial charge in [0.1, 0.15) is 16.4 Å². The van der Waals surface area contributed by atoms with E-state index >= 15 is 0 Å². The summed E-state index contributed by atoms with van der Waals surface area (Å²) in [6.07, 6.45) is 3.74. The first-order valence-corrected chi connectivity index (χ1v) is 16.6. The minimum Gasteiger partial charge on any atom is -0.444 e. The number of ether oxygens (including phenoxy) is 1. The molecule has 0 aromatic carbocycles. The molecule has 4 rings (SSSR count). The van der Waals surface area contributed by atoms with Crippen molar-refractivity contribution in [3.63, 3.8) is 0 Å². The molecule has 248 valence electrons. The molecular formula is C34H44ClFN6O3S. The van der Waals surface area contributed by atoms with E-state index in [0.717, 1.165) is 36.9 Å². The number of carbonyl (C=O) groups is 2. The van der Waals surface area contributed by atoms with Crippen molar-refractivity contribution < 1.29 is 18.7 Å². The summed E-state index contributed by atoms with van der Waals surface area (Å²) in [6.45, 7) is 16.2. The van der Waals surface area contributed by atoms with E-state index < -0.39 is 17.5 Å². The fourth-order valence-electron chi connectivity index (χ4n) is 5.41. The number of hydrogen-bond donors (Lipinski definition) is 2. The smallest absolute Gasteiger partial charge is 0.410 e. The van der Waals surface area contributed by atoms with Crippen LogP contribution in [0.5, 0.6) is 0 Å². The maximum absolute atomic E-state index is 14.7. The van der Waals surface area contributed by atoms with Crippen LogP contribution < -0.4 is 10.0 Å². The van der Waals surface area contributed by atoms with Crippen molar-refractivity contribution in [2.45, 2.75) is 102 Å². The third-order valence-corrected chi connectivity index (χ3v) is 8.65. The summed E-state index contributed by atoms with van der Waals surface area (Å²) >= 11 is 7.13. The molecule has 0 bridgehead atoms. The van der Waals surface area contributed by atoms with Crippen molar-refractivity contribution in [2.75, 3.05) is 11.9 Å². The Balaban J connectivity index is 1.43. The summed E-state index contributed by atoms with van der Waals surface area (Å²) in [5.41, 5.74) is 0.0180. The maximum atomic E-state index is 14.7. The Labute approximate surface area is 280 Å². The van der Waals surface area contributed by atoms with Gasteiger partial charge in [0.05, 0.1) is 22.3 Å². The van der Waals surface area contributed by atoms with Crippen LogP contribution >= 0.6 is 23.5 Å². The monoisotopic (exact) mass is 670 g/mol. The van der Waals surface area contributed by atoms with E-state index in [4.69, 9.17) is 16.3 Å². The van der Waals surface area contributed by atoms with E-state index in [1.165, 1.54) is 6.07 Å². The number of anilines is 1. The van der Waals surface area contributed by atoms with Crippen LogP contribution in [0.3, 0.4) is 0 Å². The second kappa shape index (κ2) is 14.1. The fraction of sp³-hybridized carbons (Fsp3) is 0.500. The van der Waals surface area contributed by atoms with Crippen LogP contribution in [0.25, 0.3) is 0 Å². The molecule has 0 radical (unpaired) electrons. The Hall–Kier alpha value is -3.44. The van der Waals surface area contributed by atoms with Gasteiger partial charge in [-0.3, -0.25) is 14.5 Å². The van der Waals surface area contributed by atoms with E-state index in [9.17, 15) is 14.0 Å². The third-order valence-electron chi connectivity index (χ3n) is 7.70. The quantitative estimate of drug-likeness (QED) is 0.173. The molecule has 1 aliphatic heterocycles. The lowest BCUT2D eigenvalue weighted by molar-refractivity contribution is 0.0130. The summed E-state index contributed by atoms with van der Waals surface area (Å²) in [4.78, 5) is 40.7. The zero-order valence-corrected chi connectivity index (χ0v) is 29.4. The standard InChI is InChI=1S/C34H44ClFN6O3S/c1-32(2,3)26-17-14-23(29(36)39-26)30(43)41-46-28-11-9-10-27(40-28)38-25(24-16-13-22(35)19-37-24)15-12-21-18-34(7,8)42(20-21)31(44)45-33(4,5)6/h9-11,13-14,16-17,19,21,25H,12,15,18,20H2,1-8H3,(H,38,40)(H,41,43). The van der Waals surface area contributed by atoms with Crippen molar-refractivity contribution in [3.8, 4) is 0 Å². The highest BCUT2D eigenvalue weighted by Crippen LogP contribution is 2.38. The molecule has 4 heterocycles. The Morgan fingerprint density at radius 3 is 2.48 bits per heavy atom. The van der Waals surface area contributed by atoms with Crippen LogP contribution in [-0.4, -0.2) is 49.5 Å². The molecule has 2 amide bonds. The van der Waals surface area contributed by atoms with Crippen LogP contribution in [0.1, 0.15) is 102 Å². The average molecular weight is 671 g/mol. The number of rotatable bonds is 9. The van der Waals surface area contributed by atoms with Gasteiger partial charge in [-0.15, -0.1) is 0 Å². The first kappa shape index (κ1) is 35.4. The van der Waals surface area contributed by atoms with Crippen molar-refractivity contribution in [1.82, 2.24) is 24.6 Å². The van der Waals surface area contributed by atoms with Gasteiger partial charge in [0.2, 0.25) is 5.95 Å². The molecule has 3 aromatic heterocycles. The molecular weight excluding hydrogens is 627 g/mol. The van der Waals surface area contributed by atoms with Gasteiger partial charge in [0.25, 0.3) is 5.91 Å². The van der Waals surface area contributed by atoms with Gasteiger partial charge in [0, 0.05) is 41.3 Å². The van der Waals surface area contributed by atoms with Gasteiger partial charge in [-0.2, -0.15) is 4.39 Å². The molecule has 2 N–H and O–H groups in total. The summed E-state index contributed by atoms with van der Waals surface area (Å²) in [5, 5.41) is 4.56. The number of likely N-dealkylation sites (tertiary alicyclic amines) is 1. The summed E-state index contributed by atoms with van der Waals surface area (Å²) < 4.78 is 23.0. The zero-order chi connectivity index (χ0) is 33.9. The molecule has 46 heavy (non-hydrogen) atoms. The molecule has 1 aliphatic rings. The molecule has 0 aliphatic carbocycles. The molecule has 0 saturated carbocycles. The topological polar surface area (TPSA) is 109 Å². The van der Waals surface area contributed by atoms with Crippen LogP contribution in [0.15, 0.2) is 53.7 Å². The highest BCUT2D eigenvalue weighted by molar-refractivity contribution is 7.97. The molecule has 0 spiro atoms. The summed E-state index contributed by atoms with van der Waals surface area (Å²) in [7, 11) is 0. The molecule has 1 fully saturated rings. The van der Waals surface area contributed by atoms with Gasteiger partial charge in [-0.25, -0.2) is 14.8 Å². The van der Waals surface area contributed by atoms with E-state index in [2.05, 4.69) is 38.8 Å². The summed E-state index contributed by atoms with van der Waals surface area (Å²) in [6, 6.07) is 12.0. The number of nitrogens with zero attached hydrogens (tertiary/aromatic N) is 4. The highest BCUT2D eigenvalue weighted by Gasteiger charge is 2.43. The second-order valence-electron chi connectivity index (χ2n) is 14.3. The van der Waals surface area contributed by atoms with Gasteiger partial charge in [-0.1, -0.05) is 38.4 Å². The Morgan fingerprint density at radius 2 is 1.85 bits per heavy atom. The van der Waals surface area contributed by atoms with Crippen molar-refractivity contribution in [3.05, 3.63) is 76.6 Å². The lowest BCUT2D eigenvalue weighted by Crippen LogP contribution is -2.45. The Morgan fingerprint density at radius 1 is 1.11 bits per heavy atom. The number of pyridine rings is 3. The Bertz CT molecular complexity index is 1540. The number of carbonyl (C=O) groups excluding carboxylic acids is 2. The lowest BCUT2D eigenvalue weighted by atomic mass is 9.91. The normalized spacial score (nSPS) is 17.0. The molecule has 9 nitrogen and oxygen atoms in total. The van der Waals surface area contributed by atoms with Crippen LogP contribution in [0.2, 0.25) is 5.02 Å². The van der Waals surface area contributed by atoms with Crippen LogP contribution in [-0.2, 0) is 10.2 Å². The molecule has 12 heteroatoms. The molecule has 1 saturated heterocycles. The van der Waals surface area contributed by atoms with Gasteiger partial charge >= 0.3 is 6.09 Å². The minimum absolute atomic E-state index is 0.135. The second-order valence-corrected chi connectivity index (χ2v) is 15.6. The number of nitrogens with one attached hydrogen (secondary N) is 2. The van der Waals surface area contributed by atoms with Crippen molar-refractivity contribution in [1.29, 1.82) is 0 Å². The van der Waals surface area contributed by atoms with E-state index in [1.54, 1.807) is 24.4 Å². The number of amides is 2. The first-order valence-electron chi connectivity index (χ1n) is 15.4. The van der Waals surface area contributed by atoms with Gasteiger partial charge in [0.15, 0.2) is 0 Å². The van der Waals surface area contributed by atoms with Crippen molar-refractivity contribution in [2.24, 2.45) is 5.92 Å². The summed E-state index contributed by atoms with van der Waals surface area (Å²) in [5.74, 6) is -0.548. The number of hydrogen-bond acceptors (Lipinski definition) is 8. The predicted octanol–water partition coefficient (Wildman–Crippen LogP) is 8.37. The molecule has 2 unspecified atom stereocenters. The zero-order valence-electron chi connectivity index (χ0n) is 27.8. The predicted molar refractivity (Wildman–Crippen MR) is 180 cm³/mol.